The second kappa shape index (κ2) is 6.10. The lowest BCUT2D eigenvalue weighted by molar-refractivity contribution is -0.510. The topological polar surface area (TPSA) is 71.1 Å². The predicted octanol–water partition coefficient (Wildman–Crippen LogP) is 2.98. The Balaban J connectivity index is 2.10. The van der Waals surface area contributed by atoms with Gasteiger partial charge in [0.25, 0.3) is 6.04 Å². The zero-order valence-corrected chi connectivity index (χ0v) is 11.4. The summed E-state index contributed by atoms with van der Waals surface area (Å²) in [5, 5.41) is 19.1. The summed E-state index contributed by atoms with van der Waals surface area (Å²) in [7, 11) is 3.91. The third kappa shape index (κ3) is 3.28. The van der Waals surface area contributed by atoms with Crippen LogP contribution < -0.4 is 4.90 Å². The minimum Gasteiger partial charge on any atom is -0.378 e. The molecule has 104 valence electrons. The van der Waals surface area contributed by atoms with E-state index in [0.717, 1.165) is 5.69 Å². The maximum Gasteiger partial charge on any atom is 0.258 e. The molecule has 0 unspecified atom stereocenters. The van der Waals surface area contributed by atoms with E-state index in [-0.39, 0.29) is 4.92 Å². The second-order valence-electron chi connectivity index (χ2n) is 4.66. The second-order valence-corrected chi connectivity index (χ2v) is 4.66. The van der Waals surface area contributed by atoms with Gasteiger partial charge in [-0.15, -0.1) is 0 Å². The summed E-state index contributed by atoms with van der Waals surface area (Å²) >= 11 is 0. The molecule has 0 fully saturated rings. The Labute approximate surface area is 117 Å². The van der Waals surface area contributed by atoms with E-state index < -0.39 is 12.1 Å². The smallest absolute Gasteiger partial charge is 0.258 e. The molecule has 2 rings (SSSR count). The lowest BCUT2D eigenvalue weighted by atomic mass is 10.1. The molecule has 1 aliphatic rings. The molecule has 1 aromatic rings. The molecule has 20 heavy (non-hydrogen) atoms. The van der Waals surface area contributed by atoms with Crippen molar-refractivity contribution in [2.75, 3.05) is 19.0 Å². The Morgan fingerprint density at radius 3 is 2.40 bits per heavy atom. The van der Waals surface area contributed by atoms with E-state index in [1.807, 2.05) is 43.3 Å². The van der Waals surface area contributed by atoms with Gasteiger partial charge in [-0.2, -0.15) is 10.2 Å². The average molecular weight is 272 g/mol. The third-order valence-electron chi connectivity index (χ3n) is 2.99. The highest BCUT2D eigenvalue weighted by Gasteiger charge is 2.28. The van der Waals surface area contributed by atoms with Crippen LogP contribution in [0.2, 0.25) is 0 Å². The zero-order valence-electron chi connectivity index (χ0n) is 11.4. The van der Waals surface area contributed by atoms with Gasteiger partial charge in [0, 0.05) is 24.7 Å². The molecule has 0 saturated carbocycles. The number of hydrogen-bond donors (Lipinski definition) is 0. The van der Waals surface area contributed by atoms with Gasteiger partial charge < -0.3 is 4.90 Å². The van der Waals surface area contributed by atoms with Crippen LogP contribution in [0, 0.1) is 10.1 Å². The summed E-state index contributed by atoms with van der Waals surface area (Å²) in [4.78, 5) is 12.5. The summed E-state index contributed by atoms with van der Waals surface area (Å²) in [6.07, 6.45) is 6.62. The number of hydrogen-bond acceptors (Lipinski definition) is 5. The first kappa shape index (κ1) is 13.9. The molecule has 0 radical (unpaired) electrons. The fourth-order valence-electron chi connectivity index (χ4n) is 1.84. The van der Waals surface area contributed by atoms with Crippen molar-refractivity contribution in [3.05, 3.63) is 58.7 Å². The minimum absolute atomic E-state index is 0.348. The van der Waals surface area contributed by atoms with Crippen molar-refractivity contribution in [2.24, 2.45) is 10.2 Å². The van der Waals surface area contributed by atoms with Crippen LogP contribution >= 0.6 is 0 Å². The molecule has 0 spiro atoms. The fourth-order valence-corrected chi connectivity index (χ4v) is 1.84. The Kier molecular flexibility index (Phi) is 4.24. The predicted molar refractivity (Wildman–Crippen MR) is 78.1 cm³/mol. The lowest BCUT2D eigenvalue weighted by Gasteiger charge is -2.13. The molecular weight excluding hydrogens is 256 g/mol. The van der Waals surface area contributed by atoms with Gasteiger partial charge in [-0.05, 0) is 30.3 Å². The quantitative estimate of drug-likeness (QED) is 0.480. The van der Waals surface area contributed by atoms with E-state index in [2.05, 4.69) is 10.2 Å². The van der Waals surface area contributed by atoms with Crippen LogP contribution in [0.4, 0.5) is 11.4 Å². The monoisotopic (exact) mass is 272 g/mol. The van der Waals surface area contributed by atoms with Crippen LogP contribution in [-0.2, 0) is 0 Å². The maximum atomic E-state index is 10.9. The van der Waals surface area contributed by atoms with E-state index in [0.29, 0.717) is 5.69 Å². The molecule has 6 nitrogen and oxygen atoms in total. The highest BCUT2D eigenvalue weighted by Crippen LogP contribution is 2.20. The summed E-state index contributed by atoms with van der Waals surface area (Å²) in [5.41, 5.74) is 1.74. The Bertz CT molecular complexity index is 561. The summed E-state index contributed by atoms with van der Waals surface area (Å²) in [5.74, 6) is 0. The Morgan fingerprint density at radius 1 is 1.15 bits per heavy atom. The summed E-state index contributed by atoms with van der Waals surface area (Å²) < 4.78 is 0. The van der Waals surface area contributed by atoms with Gasteiger partial charge in [0.15, 0.2) is 6.04 Å². The van der Waals surface area contributed by atoms with Crippen LogP contribution in [0.25, 0.3) is 0 Å². The zero-order chi connectivity index (χ0) is 14.5. The largest absolute Gasteiger partial charge is 0.378 e. The van der Waals surface area contributed by atoms with E-state index >= 15 is 0 Å². The normalized spacial score (nSPS) is 21.3. The lowest BCUT2D eigenvalue weighted by Crippen LogP contribution is -2.30. The van der Waals surface area contributed by atoms with Gasteiger partial charge in [0.1, 0.15) is 0 Å². The Hall–Kier alpha value is -2.50. The van der Waals surface area contributed by atoms with Crippen molar-refractivity contribution in [3.63, 3.8) is 0 Å². The van der Waals surface area contributed by atoms with Gasteiger partial charge in [0.05, 0.1) is 5.69 Å². The first-order valence-electron chi connectivity index (χ1n) is 6.24. The summed E-state index contributed by atoms with van der Waals surface area (Å²) in [6, 6.07) is 6.13. The van der Waals surface area contributed by atoms with Gasteiger partial charge in [-0.25, -0.2) is 0 Å². The van der Waals surface area contributed by atoms with Crippen LogP contribution in [0.3, 0.4) is 0 Å². The minimum atomic E-state index is -0.843. The van der Waals surface area contributed by atoms with Crippen LogP contribution in [-0.4, -0.2) is 31.1 Å². The standard InChI is InChI=1S/C14H16N4O2/c1-17(2)12-9-7-11(8-10-12)15-16-13-5-3-4-6-14(13)18(19)20/h3-10,13-14H,1-2H3/t13-,14-/m1/s1. The molecule has 0 amide bonds. The number of azo groups is 1. The van der Waals surface area contributed by atoms with Gasteiger partial charge in [0.2, 0.25) is 0 Å². The molecule has 2 atom stereocenters. The number of benzene rings is 1. The SMILES string of the molecule is CN(C)c1ccc(N=N[C@@H]2C=CC=C[C@H]2[N+](=O)[O-])cc1. The van der Waals surface area contributed by atoms with Gasteiger partial charge in [-0.1, -0.05) is 18.2 Å². The number of anilines is 1. The molecule has 0 bridgehead atoms. The first-order chi connectivity index (χ1) is 9.58. The average Bonchev–Trinajstić information content (AvgIpc) is 2.45. The maximum absolute atomic E-state index is 10.9. The van der Waals surface area contributed by atoms with Crippen molar-refractivity contribution in [1.82, 2.24) is 0 Å². The number of nitro groups is 1. The van der Waals surface area contributed by atoms with E-state index in [1.165, 1.54) is 6.08 Å². The molecule has 0 aliphatic heterocycles. The first-order valence-corrected chi connectivity index (χ1v) is 6.24. The van der Waals surface area contributed by atoms with Crippen molar-refractivity contribution < 1.29 is 4.92 Å². The van der Waals surface area contributed by atoms with E-state index in [9.17, 15) is 10.1 Å². The summed E-state index contributed by atoms with van der Waals surface area (Å²) in [6.45, 7) is 0. The molecule has 0 N–H and O–H groups in total. The number of allylic oxidation sites excluding steroid dienone is 2. The van der Waals surface area contributed by atoms with Crippen LogP contribution in [0.5, 0.6) is 0 Å². The Morgan fingerprint density at radius 2 is 1.80 bits per heavy atom. The molecule has 6 heteroatoms. The number of nitrogens with zero attached hydrogens (tertiary/aromatic N) is 4. The van der Waals surface area contributed by atoms with Crippen LogP contribution in [0.15, 0.2) is 58.8 Å². The van der Waals surface area contributed by atoms with Crippen molar-refractivity contribution in [3.8, 4) is 0 Å². The van der Waals surface area contributed by atoms with Gasteiger partial charge in [-0.3, -0.25) is 10.1 Å². The van der Waals surface area contributed by atoms with E-state index in [4.69, 9.17) is 0 Å². The van der Waals surface area contributed by atoms with Gasteiger partial charge >= 0.3 is 0 Å². The molecule has 1 aliphatic carbocycles. The van der Waals surface area contributed by atoms with Crippen LogP contribution in [0.1, 0.15) is 0 Å². The fraction of sp³-hybridized carbons (Fsp3) is 0.286. The molecule has 0 aromatic heterocycles. The number of rotatable bonds is 4. The molecule has 1 aromatic carbocycles. The third-order valence-corrected chi connectivity index (χ3v) is 2.99. The van der Waals surface area contributed by atoms with E-state index in [1.54, 1.807) is 18.2 Å². The highest BCUT2D eigenvalue weighted by molar-refractivity contribution is 5.51. The van der Waals surface area contributed by atoms with Crippen molar-refractivity contribution >= 4 is 11.4 Å². The highest BCUT2D eigenvalue weighted by atomic mass is 16.6. The van der Waals surface area contributed by atoms with Crippen molar-refractivity contribution in [2.45, 2.75) is 12.1 Å². The molecule has 0 heterocycles. The molecular formula is C14H16N4O2. The molecule has 0 saturated heterocycles. The van der Waals surface area contributed by atoms with Crippen molar-refractivity contribution in [1.29, 1.82) is 0 Å².